The summed E-state index contributed by atoms with van der Waals surface area (Å²) in [5, 5.41) is 0. The molecule has 0 radical (unpaired) electrons. The summed E-state index contributed by atoms with van der Waals surface area (Å²) in [6, 6.07) is 0. The molecular formula is C10H15F3O4. The van der Waals surface area contributed by atoms with Crippen LogP contribution in [0.1, 0.15) is 32.6 Å². The Morgan fingerprint density at radius 3 is 2.24 bits per heavy atom. The van der Waals surface area contributed by atoms with Gasteiger partial charge in [-0.1, -0.05) is 13.3 Å². The first-order valence-electron chi connectivity index (χ1n) is 5.14. The quantitative estimate of drug-likeness (QED) is 0.684. The van der Waals surface area contributed by atoms with Gasteiger partial charge in [0, 0.05) is 6.42 Å². The molecule has 0 aliphatic heterocycles. The van der Waals surface area contributed by atoms with Crippen molar-refractivity contribution in [1.82, 2.24) is 0 Å². The first-order chi connectivity index (χ1) is 7.81. The Morgan fingerprint density at radius 1 is 1.24 bits per heavy atom. The van der Waals surface area contributed by atoms with Gasteiger partial charge in [-0.15, -0.1) is 0 Å². The number of unbranched alkanes of at least 4 members (excludes halogenated alkanes) is 1. The molecule has 0 aromatic rings. The van der Waals surface area contributed by atoms with Gasteiger partial charge in [-0.3, -0.25) is 9.59 Å². The number of hydrogen-bond acceptors (Lipinski definition) is 4. The molecule has 100 valence electrons. The molecular weight excluding hydrogens is 241 g/mol. The molecule has 0 saturated carbocycles. The lowest BCUT2D eigenvalue weighted by molar-refractivity contribution is -0.224. The van der Waals surface area contributed by atoms with Crippen LogP contribution in [-0.2, 0) is 19.1 Å². The van der Waals surface area contributed by atoms with E-state index >= 15 is 0 Å². The Kier molecular flexibility index (Phi) is 6.60. The summed E-state index contributed by atoms with van der Waals surface area (Å²) in [5.41, 5.74) is 0. The summed E-state index contributed by atoms with van der Waals surface area (Å²) in [5.74, 6) is -2.03. The van der Waals surface area contributed by atoms with Gasteiger partial charge in [-0.2, -0.15) is 13.2 Å². The highest BCUT2D eigenvalue weighted by molar-refractivity contribution is 5.72. The number of carbonyl (C=O) groups is 2. The van der Waals surface area contributed by atoms with Gasteiger partial charge in [0.1, 0.15) is 0 Å². The Balaban J connectivity index is 4.39. The molecule has 0 heterocycles. The van der Waals surface area contributed by atoms with Crippen molar-refractivity contribution < 1.29 is 32.2 Å². The molecule has 0 aliphatic rings. The van der Waals surface area contributed by atoms with Crippen LogP contribution in [0, 0.1) is 0 Å². The van der Waals surface area contributed by atoms with Gasteiger partial charge in [0.25, 0.3) is 0 Å². The van der Waals surface area contributed by atoms with Crippen LogP contribution in [0.15, 0.2) is 0 Å². The highest BCUT2D eigenvalue weighted by Gasteiger charge is 2.44. The lowest BCUT2D eigenvalue weighted by atomic mass is 10.2. The second kappa shape index (κ2) is 7.13. The fraction of sp³-hybridized carbons (Fsp3) is 0.800. The minimum Gasteiger partial charge on any atom is -0.469 e. The van der Waals surface area contributed by atoms with Crippen molar-refractivity contribution in [3.63, 3.8) is 0 Å². The first-order valence-corrected chi connectivity index (χ1v) is 5.14. The number of rotatable bonds is 6. The van der Waals surface area contributed by atoms with E-state index in [1.807, 2.05) is 0 Å². The van der Waals surface area contributed by atoms with Crippen LogP contribution in [0.25, 0.3) is 0 Å². The van der Waals surface area contributed by atoms with E-state index in [2.05, 4.69) is 9.47 Å². The van der Waals surface area contributed by atoms with Gasteiger partial charge in [0.2, 0.25) is 6.10 Å². The third-order valence-corrected chi connectivity index (χ3v) is 1.95. The number of esters is 2. The van der Waals surface area contributed by atoms with Crippen LogP contribution in [-0.4, -0.2) is 31.3 Å². The van der Waals surface area contributed by atoms with Crippen molar-refractivity contribution in [2.24, 2.45) is 0 Å². The molecule has 17 heavy (non-hydrogen) atoms. The van der Waals surface area contributed by atoms with Crippen molar-refractivity contribution in [3.05, 3.63) is 0 Å². The van der Waals surface area contributed by atoms with Crippen molar-refractivity contribution in [3.8, 4) is 0 Å². The maximum atomic E-state index is 12.4. The van der Waals surface area contributed by atoms with Crippen LogP contribution in [0.4, 0.5) is 13.2 Å². The van der Waals surface area contributed by atoms with E-state index < -0.39 is 30.6 Å². The molecule has 0 N–H and O–H groups in total. The third kappa shape index (κ3) is 6.80. The summed E-state index contributed by atoms with van der Waals surface area (Å²) < 4.78 is 45.6. The van der Waals surface area contributed by atoms with Crippen LogP contribution < -0.4 is 0 Å². The van der Waals surface area contributed by atoms with E-state index in [4.69, 9.17) is 0 Å². The summed E-state index contributed by atoms with van der Waals surface area (Å²) in [6.45, 7) is 1.79. The van der Waals surface area contributed by atoms with E-state index in [1.54, 1.807) is 6.92 Å². The molecule has 0 aromatic heterocycles. The number of ether oxygens (including phenoxy) is 2. The molecule has 0 rings (SSSR count). The van der Waals surface area contributed by atoms with Crippen molar-refractivity contribution in [2.45, 2.75) is 44.9 Å². The van der Waals surface area contributed by atoms with Gasteiger partial charge >= 0.3 is 18.1 Å². The fourth-order valence-corrected chi connectivity index (χ4v) is 0.998. The smallest absolute Gasteiger partial charge is 0.426 e. The second-order valence-electron chi connectivity index (χ2n) is 3.40. The van der Waals surface area contributed by atoms with E-state index in [1.165, 1.54) is 0 Å². The van der Waals surface area contributed by atoms with E-state index in [9.17, 15) is 22.8 Å². The Hall–Kier alpha value is -1.27. The van der Waals surface area contributed by atoms with E-state index in [0.717, 1.165) is 7.11 Å². The van der Waals surface area contributed by atoms with Crippen LogP contribution in [0.2, 0.25) is 0 Å². The molecule has 0 saturated heterocycles. The van der Waals surface area contributed by atoms with E-state index in [-0.39, 0.29) is 6.42 Å². The number of halogens is 3. The van der Waals surface area contributed by atoms with Gasteiger partial charge in [0.15, 0.2) is 0 Å². The largest absolute Gasteiger partial charge is 0.469 e. The zero-order valence-electron chi connectivity index (χ0n) is 9.67. The maximum Gasteiger partial charge on any atom is 0.426 e. The van der Waals surface area contributed by atoms with Gasteiger partial charge in [0.05, 0.1) is 13.5 Å². The Morgan fingerprint density at radius 2 is 1.82 bits per heavy atom. The van der Waals surface area contributed by atoms with Crippen molar-refractivity contribution >= 4 is 11.9 Å². The molecule has 1 unspecified atom stereocenters. The molecule has 0 spiro atoms. The minimum absolute atomic E-state index is 0.0930. The lowest BCUT2D eigenvalue weighted by Gasteiger charge is -2.19. The second-order valence-corrected chi connectivity index (χ2v) is 3.40. The summed E-state index contributed by atoms with van der Waals surface area (Å²) in [7, 11) is 0.967. The standard InChI is InChI=1S/C10H15F3O4/c1-3-4-5-8(14)17-7(10(11,12)13)6-9(15)16-2/h7H,3-6H2,1-2H3. The van der Waals surface area contributed by atoms with Crippen LogP contribution in [0.5, 0.6) is 0 Å². The molecule has 1 atom stereocenters. The van der Waals surface area contributed by atoms with Crippen LogP contribution >= 0.6 is 0 Å². The third-order valence-electron chi connectivity index (χ3n) is 1.95. The Bertz CT molecular complexity index is 263. The average Bonchev–Trinajstić information content (AvgIpc) is 2.23. The SMILES string of the molecule is CCCCC(=O)OC(CC(=O)OC)C(F)(F)F. The number of hydrogen-bond donors (Lipinski definition) is 0. The molecule has 4 nitrogen and oxygen atoms in total. The zero-order valence-corrected chi connectivity index (χ0v) is 9.67. The molecule has 0 amide bonds. The minimum atomic E-state index is -4.77. The molecule has 0 bridgehead atoms. The van der Waals surface area contributed by atoms with Gasteiger partial charge in [-0.05, 0) is 6.42 Å². The molecule has 7 heteroatoms. The molecule has 0 fully saturated rings. The normalized spacial score (nSPS) is 13.0. The predicted molar refractivity (Wildman–Crippen MR) is 52.1 cm³/mol. The zero-order chi connectivity index (χ0) is 13.5. The molecule has 0 aliphatic carbocycles. The first kappa shape index (κ1) is 15.7. The fourth-order valence-electron chi connectivity index (χ4n) is 0.998. The van der Waals surface area contributed by atoms with E-state index in [0.29, 0.717) is 12.8 Å². The summed E-state index contributed by atoms with van der Waals surface area (Å²) in [6.07, 6.45) is -7.19. The summed E-state index contributed by atoms with van der Waals surface area (Å²) in [4.78, 5) is 21.8. The number of methoxy groups -OCH3 is 1. The van der Waals surface area contributed by atoms with Gasteiger partial charge in [-0.25, -0.2) is 0 Å². The highest BCUT2D eigenvalue weighted by Crippen LogP contribution is 2.26. The van der Waals surface area contributed by atoms with Crippen molar-refractivity contribution in [2.75, 3.05) is 7.11 Å². The molecule has 0 aromatic carbocycles. The Labute approximate surface area is 97.1 Å². The van der Waals surface area contributed by atoms with Crippen molar-refractivity contribution in [1.29, 1.82) is 0 Å². The van der Waals surface area contributed by atoms with Crippen LogP contribution in [0.3, 0.4) is 0 Å². The van der Waals surface area contributed by atoms with Gasteiger partial charge < -0.3 is 9.47 Å². The number of alkyl halides is 3. The monoisotopic (exact) mass is 256 g/mol. The number of carbonyl (C=O) groups excluding carboxylic acids is 2. The predicted octanol–water partition coefficient (Wildman–Crippen LogP) is 2.21. The average molecular weight is 256 g/mol. The lowest BCUT2D eigenvalue weighted by Crippen LogP contribution is -2.36. The topological polar surface area (TPSA) is 52.6 Å². The summed E-state index contributed by atoms with van der Waals surface area (Å²) >= 11 is 0. The maximum absolute atomic E-state index is 12.4. The highest BCUT2D eigenvalue weighted by atomic mass is 19.4.